The second kappa shape index (κ2) is 11.3. The number of halogens is 3. The number of rotatable bonds is 6. The maximum atomic E-state index is 11.1. The number of benzene rings is 2. The summed E-state index contributed by atoms with van der Waals surface area (Å²) in [6.45, 7) is 4.81. The summed E-state index contributed by atoms with van der Waals surface area (Å²) in [6.07, 6.45) is 3.21. The van der Waals surface area contributed by atoms with Crippen LogP contribution in [-0.4, -0.2) is 23.2 Å². The second-order valence-corrected chi connectivity index (χ2v) is 9.49. The lowest BCUT2D eigenvalue weighted by molar-refractivity contribution is -0.192. The predicted octanol–water partition coefficient (Wildman–Crippen LogP) is 6.16. The third-order valence-electron chi connectivity index (χ3n) is 6.14. The van der Waals surface area contributed by atoms with Crippen molar-refractivity contribution >= 4 is 11.9 Å². The van der Waals surface area contributed by atoms with Crippen LogP contribution in [0.1, 0.15) is 57.1 Å². The molecule has 7 heteroatoms. The lowest BCUT2D eigenvalue weighted by atomic mass is 9.72. The van der Waals surface area contributed by atoms with Crippen LogP contribution in [0.3, 0.4) is 0 Å². The molecule has 0 spiro atoms. The maximum absolute atomic E-state index is 11.1. The summed E-state index contributed by atoms with van der Waals surface area (Å²) in [5, 5.41) is 7.12. The molecule has 2 aromatic carbocycles. The molecule has 1 saturated carbocycles. The molecular formula is C26H32F3NO3. The molecule has 2 aromatic rings. The molecule has 33 heavy (non-hydrogen) atoms. The van der Waals surface area contributed by atoms with E-state index in [1.807, 2.05) is 12.1 Å². The summed E-state index contributed by atoms with van der Waals surface area (Å²) >= 11 is 0. The summed E-state index contributed by atoms with van der Waals surface area (Å²) in [5.74, 6) is -2.15. The van der Waals surface area contributed by atoms with E-state index in [0.717, 1.165) is 17.0 Å². The van der Waals surface area contributed by atoms with Gasteiger partial charge in [0, 0.05) is 0 Å². The van der Waals surface area contributed by atoms with Crippen LogP contribution in [0.15, 0.2) is 48.5 Å². The van der Waals surface area contributed by atoms with Gasteiger partial charge in [-0.3, -0.25) is 4.79 Å². The highest BCUT2D eigenvalue weighted by molar-refractivity contribution is 5.77. The van der Waals surface area contributed by atoms with E-state index in [9.17, 15) is 18.0 Å². The number of carboxylic acids is 1. The fourth-order valence-electron chi connectivity index (χ4n) is 4.04. The molecule has 0 bridgehead atoms. The van der Waals surface area contributed by atoms with Crippen LogP contribution < -0.4 is 5.73 Å². The van der Waals surface area contributed by atoms with E-state index in [1.54, 1.807) is 0 Å². The van der Waals surface area contributed by atoms with Gasteiger partial charge in [-0.15, -0.1) is 0 Å². The van der Waals surface area contributed by atoms with Crippen LogP contribution in [0.2, 0.25) is 0 Å². The molecule has 1 aliphatic rings. The lowest BCUT2D eigenvalue weighted by Gasteiger charge is -2.34. The summed E-state index contributed by atoms with van der Waals surface area (Å²) in [4.78, 5) is 20.0. The van der Waals surface area contributed by atoms with Crippen molar-refractivity contribution in [3.63, 3.8) is 0 Å². The zero-order valence-corrected chi connectivity index (χ0v) is 19.1. The van der Waals surface area contributed by atoms with E-state index in [1.165, 1.54) is 49.7 Å². The highest BCUT2D eigenvalue weighted by atomic mass is 19.4. The van der Waals surface area contributed by atoms with Crippen molar-refractivity contribution in [1.82, 2.24) is 0 Å². The van der Waals surface area contributed by atoms with Crippen molar-refractivity contribution in [2.24, 2.45) is 17.1 Å². The SMILES string of the molecule is CC1(C)CCC(CCc2ccc(-c3cccc(CC(N)=O)c3)cc2)CC1.O=C(O)C(F)(F)F. The Bertz CT molecular complexity index is 927. The molecule has 0 aromatic heterocycles. The molecule has 0 saturated heterocycles. The van der Waals surface area contributed by atoms with Crippen LogP contribution in [0.25, 0.3) is 11.1 Å². The first kappa shape index (κ1) is 26.4. The number of alkyl halides is 3. The Labute approximate surface area is 193 Å². The molecule has 0 heterocycles. The molecule has 3 N–H and O–H groups in total. The number of primary amides is 1. The van der Waals surface area contributed by atoms with Gasteiger partial charge in [0.1, 0.15) is 0 Å². The number of hydrogen-bond donors (Lipinski definition) is 2. The van der Waals surface area contributed by atoms with Gasteiger partial charge in [0.15, 0.2) is 0 Å². The van der Waals surface area contributed by atoms with Crippen LogP contribution in [0.4, 0.5) is 13.2 Å². The van der Waals surface area contributed by atoms with Gasteiger partial charge in [0.05, 0.1) is 6.42 Å². The molecule has 0 unspecified atom stereocenters. The first-order valence-corrected chi connectivity index (χ1v) is 11.1. The van der Waals surface area contributed by atoms with E-state index in [-0.39, 0.29) is 5.91 Å². The zero-order chi connectivity index (χ0) is 24.6. The normalized spacial score (nSPS) is 15.9. The Morgan fingerprint density at radius 2 is 1.58 bits per heavy atom. The number of carboxylic acid groups (broad SMARTS) is 1. The van der Waals surface area contributed by atoms with Crippen molar-refractivity contribution in [2.45, 2.75) is 65.0 Å². The average Bonchev–Trinajstić information content (AvgIpc) is 2.73. The highest BCUT2D eigenvalue weighted by Crippen LogP contribution is 2.39. The fourth-order valence-corrected chi connectivity index (χ4v) is 4.04. The van der Waals surface area contributed by atoms with E-state index < -0.39 is 12.1 Å². The monoisotopic (exact) mass is 463 g/mol. The maximum Gasteiger partial charge on any atom is 0.490 e. The average molecular weight is 464 g/mol. The molecule has 180 valence electrons. The van der Waals surface area contributed by atoms with Crippen molar-refractivity contribution in [2.75, 3.05) is 0 Å². The number of hydrogen-bond acceptors (Lipinski definition) is 2. The Morgan fingerprint density at radius 1 is 1.00 bits per heavy atom. The van der Waals surface area contributed by atoms with Gasteiger partial charge >= 0.3 is 12.1 Å². The second-order valence-electron chi connectivity index (χ2n) is 9.49. The van der Waals surface area contributed by atoms with Crippen LogP contribution >= 0.6 is 0 Å². The Balaban J connectivity index is 0.000000479. The third kappa shape index (κ3) is 9.28. The van der Waals surface area contributed by atoms with Gasteiger partial charge in [-0.1, -0.05) is 62.4 Å². The quantitative estimate of drug-likeness (QED) is 0.538. The molecule has 4 nitrogen and oxygen atoms in total. The number of carbonyl (C=O) groups is 2. The number of aryl methyl sites for hydroxylation is 1. The molecule has 1 amide bonds. The molecule has 0 atom stereocenters. The van der Waals surface area contributed by atoms with Crippen LogP contribution in [0, 0.1) is 11.3 Å². The van der Waals surface area contributed by atoms with E-state index in [2.05, 4.69) is 50.2 Å². The van der Waals surface area contributed by atoms with Crippen molar-refractivity contribution < 1.29 is 27.9 Å². The molecule has 1 aliphatic carbocycles. The molecule has 1 fully saturated rings. The zero-order valence-electron chi connectivity index (χ0n) is 19.1. The molecule has 0 aliphatic heterocycles. The Hall–Kier alpha value is -2.83. The molecule has 0 radical (unpaired) electrons. The number of carbonyl (C=O) groups excluding carboxylic acids is 1. The standard InChI is InChI=1S/C24H31NO.C2HF3O2/c1-24(2)14-12-19(13-15-24)7-6-18-8-10-21(11-9-18)22-5-3-4-20(16-22)17-23(25)26;3-2(4,5)1(6)7/h3-5,8-11,16,19H,6-7,12-15,17H2,1-2H3,(H2,25,26);(H,6,7). The summed E-state index contributed by atoms with van der Waals surface area (Å²) in [7, 11) is 0. The van der Waals surface area contributed by atoms with Gasteiger partial charge in [-0.2, -0.15) is 13.2 Å². The van der Waals surface area contributed by atoms with Gasteiger partial charge in [0.25, 0.3) is 0 Å². The Kier molecular flexibility index (Phi) is 9.08. The Morgan fingerprint density at radius 3 is 2.09 bits per heavy atom. The fraction of sp³-hybridized carbons (Fsp3) is 0.462. The minimum Gasteiger partial charge on any atom is -0.475 e. The molecular weight excluding hydrogens is 431 g/mol. The molecule has 3 rings (SSSR count). The van der Waals surface area contributed by atoms with E-state index in [0.29, 0.717) is 11.8 Å². The number of nitrogens with two attached hydrogens (primary N) is 1. The van der Waals surface area contributed by atoms with Gasteiger partial charge in [-0.05, 0) is 72.1 Å². The summed E-state index contributed by atoms with van der Waals surface area (Å²) in [5.41, 5.74) is 10.6. The van der Waals surface area contributed by atoms with Gasteiger partial charge in [0.2, 0.25) is 5.91 Å². The van der Waals surface area contributed by atoms with Gasteiger partial charge < -0.3 is 10.8 Å². The largest absolute Gasteiger partial charge is 0.490 e. The van der Waals surface area contributed by atoms with Crippen LogP contribution in [0.5, 0.6) is 0 Å². The van der Waals surface area contributed by atoms with Crippen molar-refractivity contribution in [1.29, 1.82) is 0 Å². The van der Waals surface area contributed by atoms with Gasteiger partial charge in [-0.25, -0.2) is 4.79 Å². The van der Waals surface area contributed by atoms with E-state index >= 15 is 0 Å². The lowest BCUT2D eigenvalue weighted by Crippen LogP contribution is -2.21. The minimum absolute atomic E-state index is 0.288. The number of aliphatic carboxylic acids is 1. The first-order chi connectivity index (χ1) is 15.4. The minimum atomic E-state index is -5.08. The van der Waals surface area contributed by atoms with Crippen molar-refractivity contribution in [3.05, 3.63) is 59.7 Å². The third-order valence-corrected chi connectivity index (χ3v) is 6.14. The first-order valence-electron chi connectivity index (χ1n) is 11.1. The summed E-state index contributed by atoms with van der Waals surface area (Å²) < 4.78 is 31.7. The topological polar surface area (TPSA) is 80.4 Å². The smallest absolute Gasteiger partial charge is 0.475 e. The van der Waals surface area contributed by atoms with Crippen LogP contribution in [-0.2, 0) is 22.4 Å². The predicted molar refractivity (Wildman–Crippen MR) is 123 cm³/mol. The van der Waals surface area contributed by atoms with Crippen molar-refractivity contribution in [3.8, 4) is 11.1 Å². The highest BCUT2D eigenvalue weighted by Gasteiger charge is 2.38. The number of amides is 1. The summed E-state index contributed by atoms with van der Waals surface area (Å²) in [6, 6.07) is 17.0. The van der Waals surface area contributed by atoms with E-state index in [4.69, 9.17) is 15.6 Å².